The SMILES string of the molecule is CC1CC=Cc2c1cc(-c1ccc(N(c3ccc(-c4cccc5c4sc4ccccc45)cc3)C3(C)C=CC(c4cc5ccccc5c5ccccc45)=CC3)cc1)c1ccccc21. The van der Waals surface area contributed by atoms with Crippen molar-refractivity contribution in [2.75, 3.05) is 4.90 Å². The Morgan fingerprint density at radius 1 is 0.532 bits per heavy atom. The molecule has 2 unspecified atom stereocenters. The third-order valence-electron chi connectivity index (χ3n) is 13.6. The van der Waals surface area contributed by atoms with E-state index in [1.807, 2.05) is 11.3 Å². The van der Waals surface area contributed by atoms with E-state index in [0.717, 1.165) is 12.8 Å². The summed E-state index contributed by atoms with van der Waals surface area (Å²) < 4.78 is 2.67. The summed E-state index contributed by atoms with van der Waals surface area (Å²) in [4.78, 5) is 2.56. The van der Waals surface area contributed by atoms with E-state index < -0.39 is 0 Å². The number of thiophene rings is 1. The molecule has 1 nitrogen and oxygen atoms in total. The highest BCUT2D eigenvalue weighted by atomic mass is 32.1. The number of hydrogen-bond donors (Lipinski definition) is 0. The van der Waals surface area contributed by atoms with Gasteiger partial charge in [-0.25, -0.2) is 0 Å². The lowest BCUT2D eigenvalue weighted by molar-refractivity contribution is 0.571. The summed E-state index contributed by atoms with van der Waals surface area (Å²) in [5.74, 6) is 0.491. The average Bonchev–Trinajstić information content (AvgIpc) is 3.71. The molecule has 1 aromatic heterocycles. The quantitative estimate of drug-likeness (QED) is 0.151. The summed E-state index contributed by atoms with van der Waals surface area (Å²) in [5, 5.41) is 10.5. The molecule has 1 heterocycles. The van der Waals surface area contributed by atoms with Gasteiger partial charge in [-0.05, 0) is 145 Å². The van der Waals surface area contributed by atoms with E-state index in [2.05, 4.69) is 225 Å². The molecular weight excluding hydrogens is 767 g/mol. The summed E-state index contributed by atoms with van der Waals surface area (Å²) in [5.41, 5.74) is 12.5. The van der Waals surface area contributed by atoms with Gasteiger partial charge in [-0.15, -0.1) is 11.3 Å². The first-order valence-electron chi connectivity index (χ1n) is 21.9. The second kappa shape index (κ2) is 14.6. The van der Waals surface area contributed by atoms with Crippen molar-refractivity contribution in [1.29, 1.82) is 0 Å². The zero-order valence-electron chi connectivity index (χ0n) is 35.0. The standard InChI is InChI=1S/C60H45NS/c1-39-13-11-22-50-49-17-6-8-19-52(49)57(38-55(39)50)41-27-31-45(32-28-41)61(44-29-25-40(26-30-44)47-21-12-23-54-53-20-9-10-24-58(53)62-59(47)54)60(2)35-33-42(34-36-60)56-37-43-14-3-4-15-46(43)48-16-5-7-18-51(48)56/h3-12,14-35,37-39H,13,36H2,1-2H3. The number of allylic oxidation sites excluding steroid dienone is 3. The van der Waals surface area contributed by atoms with Gasteiger partial charge in [0.1, 0.15) is 0 Å². The molecule has 0 spiro atoms. The van der Waals surface area contributed by atoms with Crippen LogP contribution in [-0.4, -0.2) is 5.54 Å². The highest BCUT2D eigenvalue weighted by molar-refractivity contribution is 7.26. The molecule has 0 N–H and O–H groups in total. The fourth-order valence-electron chi connectivity index (χ4n) is 10.4. The third kappa shape index (κ3) is 5.97. The molecule has 2 atom stereocenters. The Bertz CT molecular complexity index is 3490. The second-order valence-corrected chi connectivity index (χ2v) is 18.5. The minimum atomic E-state index is -0.328. The second-order valence-electron chi connectivity index (χ2n) is 17.5. The number of rotatable bonds is 6. The molecule has 0 fully saturated rings. The van der Waals surface area contributed by atoms with Crippen LogP contribution in [0.4, 0.5) is 11.4 Å². The monoisotopic (exact) mass is 811 g/mol. The van der Waals surface area contributed by atoms with Crippen LogP contribution in [0.15, 0.2) is 200 Å². The summed E-state index contributed by atoms with van der Waals surface area (Å²) in [6.07, 6.45) is 13.9. The molecule has 0 radical (unpaired) electrons. The van der Waals surface area contributed by atoms with Crippen LogP contribution in [0.2, 0.25) is 0 Å². The molecule has 296 valence electrons. The van der Waals surface area contributed by atoms with E-state index in [9.17, 15) is 0 Å². The lowest BCUT2D eigenvalue weighted by atomic mass is 9.82. The van der Waals surface area contributed by atoms with E-state index in [4.69, 9.17) is 0 Å². The van der Waals surface area contributed by atoms with Crippen molar-refractivity contribution in [2.45, 2.75) is 38.1 Å². The third-order valence-corrected chi connectivity index (χ3v) is 14.9. The van der Waals surface area contributed by atoms with Crippen LogP contribution in [-0.2, 0) is 0 Å². The molecular formula is C60H45NS. The number of hydrogen-bond acceptors (Lipinski definition) is 2. The van der Waals surface area contributed by atoms with Gasteiger partial charge < -0.3 is 4.90 Å². The zero-order valence-corrected chi connectivity index (χ0v) is 35.8. The van der Waals surface area contributed by atoms with Gasteiger partial charge in [0.15, 0.2) is 0 Å². The van der Waals surface area contributed by atoms with Gasteiger partial charge in [0.25, 0.3) is 0 Å². The predicted molar refractivity (Wildman–Crippen MR) is 270 cm³/mol. The summed E-state index contributed by atoms with van der Waals surface area (Å²) in [6, 6.07) is 65.6. The first-order chi connectivity index (χ1) is 30.5. The van der Waals surface area contributed by atoms with Gasteiger partial charge >= 0.3 is 0 Å². The molecule has 12 rings (SSSR count). The molecule has 2 heteroatoms. The fraction of sp³-hybridized carbons (Fsp3) is 0.100. The summed E-state index contributed by atoms with van der Waals surface area (Å²) >= 11 is 1.89. The molecule has 62 heavy (non-hydrogen) atoms. The average molecular weight is 812 g/mol. The Hall–Kier alpha value is -7.00. The number of anilines is 2. The molecule has 2 aliphatic rings. The van der Waals surface area contributed by atoms with Gasteiger partial charge in [0.2, 0.25) is 0 Å². The van der Waals surface area contributed by atoms with Crippen LogP contribution in [0.3, 0.4) is 0 Å². The molecule has 0 aliphatic heterocycles. The van der Waals surface area contributed by atoms with Gasteiger partial charge in [-0.3, -0.25) is 0 Å². The number of benzene rings is 9. The van der Waals surface area contributed by atoms with E-state index in [1.165, 1.54) is 108 Å². The van der Waals surface area contributed by atoms with E-state index in [1.54, 1.807) is 0 Å². The van der Waals surface area contributed by atoms with Crippen LogP contribution in [0.25, 0.3) is 86.4 Å². The van der Waals surface area contributed by atoms with Crippen molar-refractivity contribution in [1.82, 2.24) is 0 Å². The van der Waals surface area contributed by atoms with Gasteiger partial charge in [-0.2, -0.15) is 0 Å². The van der Waals surface area contributed by atoms with Crippen molar-refractivity contribution < 1.29 is 0 Å². The molecule has 10 aromatic rings. The smallest absolute Gasteiger partial charge is 0.0643 e. The van der Waals surface area contributed by atoms with Crippen molar-refractivity contribution in [2.24, 2.45) is 0 Å². The van der Waals surface area contributed by atoms with Crippen LogP contribution >= 0.6 is 11.3 Å². The van der Waals surface area contributed by atoms with Crippen molar-refractivity contribution in [3.63, 3.8) is 0 Å². The highest BCUT2D eigenvalue weighted by Crippen LogP contribution is 2.46. The topological polar surface area (TPSA) is 3.24 Å². The van der Waals surface area contributed by atoms with Gasteiger partial charge in [0, 0.05) is 31.5 Å². The zero-order chi connectivity index (χ0) is 41.4. The van der Waals surface area contributed by atoms with Crippen molar-refractivity contribution in [3.8, 4) is 22.3 Å². The maximum absolute atomic E-state index is 2.56. The Labute approximate surface area is 367 Å². The first kappa shape index (κ1) is 36.8. The van der Waals surface area contributed by atoms with Crippen LogP contribution in [0.5, 0.6) is 0 Å². The molecule has 0 bridgehead atoms. The minimum absolute atomic E-state index is 0.328. The summed E-state index contributed by atoms with van der Waals surface area (Å²) in [7, 11) is 0. The Balaban J connectivity index is 0.960. The Kier molecular flexibility index (Phi) is 8.66. The van der Waals surface area contributed by atoms with Crippen molar-refractivity contribution in [3.05, 3.63) is 217 Å². The lowest BCUT2D eigenvalue weighted by Crippen LogP contribution is -2.42. The fourth-order valence-corrected chi connectivity index (χ4v) is 11.7. The largest absolute Gasteiger partial charge is 0.332 e. The molecule has 0 amide bonds. The van der Waals surface area contributed by atoms with Crippen LogP contribution < -0.4 is 4.90 Å². The van der Waals surface area contributed by atoms with Crippen LogP contribution in [0, 0.1) is 0 Å². The van der Waals surface area contributed by atoms with Crippen LogP contribution in [0.1, 0.15) is 49.3 Å². The Morgan fingerprint density at radius 3 is 1.87 bits per heavy atom. The summed E-state index contributed by atoms with van der Waals surface area (Å²) in [6.45, 7) is 4.75. The van der Waals surface area contributed by atoms with E-state index in [-0.39, 0.29) is 5.54 Å². The molecule has 2 aliphatic carbocycles. The highest BCUT2D eigenvalue weighted by Gasteiger charge is 2.33. The molecule has 9 aromatic carbocycles. The Morgan fingerprint density at radius 2 is 1.15 bits per heavy atom. The van der Waals surface area contributed by atoms with Gasteiger partial charge in [-0.1, -0.05) is 171 Å². The van der Waals surface area contributed by atoms with E-state index >= 15 is 0 Å². The van der Waals surface area contributed by atoms with Crippen molar-refractivity contribution >= 4 is 86.9 Å². The van der Waals surface area contributed by atoms with Gasteiger partial charge in [0.05, 0.1) is 5.54 Å². The number of nitrogens with zero attached hydrogens (tertiary/aromatic N) is 1. The minimum Gasteiger partial charge on any atom is -0.332 e. The molecule has 0 saturated carbocycles. The maximum atomic E-state index is 2.56. The molecule has 0 saturated heterocycles. The number of fused-ring (bicyclic) bond motifs is 9. The maximum Gasteiger partial charge on any atom is 0.0643 e. The first-order valence-corrected chi connectivity index (χ1v) is 22.8. The predicted octanol–water partition coefficient (Wildman–Crippen LogP) is 17.3. The van der Waals surface area contributed by atoms with E-state index in [0.29, 0.717) is 5.92 Å². The lowest BCUT2D eigenvalue weighted by Gasteiger charge is -2.42. The normalized spacial score (nSPS) is 17.3.